The van der Waals surface area contributed by atoms with Gasteiger partial charge in [0.25, 0.3) is 10.0 Å². The van der Waals surface area contributed by atoms with Crippen molar-refractivity contribution >= 4 is 38.9 Å². The molecule has 1 heterocycles. The molecule has 0 radical (unpaired) electrons. The Labute approximate surface area is 220 Å². The highest BCUT2D eigenvalue weighted by molar-refractivity contribution is 7.92. The highest BCUT2D eigenvalue weighted by atomic mass is 35.5. The summed E-state index contributed by atoms with van der Waals surface area (Å²) >= 11 is 6.02. The van der Waals surface area contributed by atoms with E-state index in [-0.39, 0.29) is 28.1 Å². The normalized spacial score (nSPS) is 13.8. The Morgan fingerprint density at radius 1 is 0.946 bits per heavy atom. The fraction of sp³-hybridized carbons (Fsp3) is 0.269. The summed E-state index contributed by atoms with van der Waals surface area (Å²) in [5.74, 6) is -0.0668. The van der Waals surface area contributed by atoms with E-state index in [0.717, 1.165) is 4.31 Å². The van der Waals surface area contributed by atoms with Gasteiger partial charge in [-0.25, -0.2) is 12.8 Å². The number of halogens is 2. The number of nitrogens with zero attached hydrogens (tertiary/aromatic N) is 3. The summed E-state index contributed by atoms with van der Waals surface area (Å²) in [5.41, 5.74) is 0.769. The van der Waals surface area contributed by atoms with Gasteiger partial charge < -0.3 is 19.3 Å². The van der Waals surface area contributed by atoms with E-state index in [1.165, 1.54) is 38.5 Å². The maximum atomic E-state index is 14.2. The maximum absolute atomic E-state index is 14.2. The van der Waals surface area contributed by atoms with Crippen molar-refractivity contribution in [3.05, 3.63) is 77.6 Å². The molecule has 0 spiro atoms. The van der Waals surface area contributed by atoms with Crippen LogP contribution in [0.3, 0.4) is 0 Å². The average molecular weight is 548 g/mol. The second-order valence-electron chi connectivity index (χ2n) is 8.32. The predicted molar refractivity (Wildman–Crippen MR) is 141 cm³/mol. The van der Waals surface area contributed by atoms with Crippen LogP contribution in [0.4, 0.5) is 15.8 Å². The van der Waals surface area contributed by atoms with E-state index >= 15 is 0 Å². The van der Waals surface area contributed by atoms with Crippen LogP contribution in [0.1, 0.15) is 0 Å². The highest BCUT2D eigenvalue weighted by Crippen LogP contribution is 2.32. The standard InChI is InChI=1S/C26H27ClFN3O5S/c1-35-24-12-11-21(17-25(24)36-2)37(33,34)31(20-9-7-19(27)8-10-20)18-26(32)30-15-13-29(14-16-30)23-6-4-3-5-22(23)28/h3-12,17H,13-16,18H2,1-2H3. The van der Waals surface area contributed by atoms with Gasteiger partial charge in [0.15, 0.2) is 11.5 Å². The van der Waals surface area contributed by atoms with Crippen molar-refractivity contribution in [2.45, 2.75) is 4.90 Å². The van der Waals surface area contributed by atoms with Crippen LogP contribution in [0.5, 0.6) is 11.5 Å². The molecule has 0 bridgehead atoms. The third-order valence-corrected chi connectivity index (χ3v) is 8.18. The van der Waals surface area contributed by atoms with Crippen LogP contribution in [0.2, 0.25) is 5.02 Å². The van der Waals surface area contributed by atoms with E-state index in [0.29, 0.717) is 42.6 Å². The number of para-hydroxylation sites is 1. The summed E-state index contributed by atoms with van der Waals surface area (Å²) in [6.07, 6.45) is 0. The zero-order valence-corrected chi connectivity index (χ0v) is 22.0. The number of benzene rings is 3. The topological polar surface area (TPSA) is 79.4 Å². The molecule has 0 saturated carbocycles. The van der Waals surface area contributed by atoms with Crippen LogP contribution in [0.25, 0.3) is 0 Å². The minimum atomic E-state index is -4.17. The summed E-state index contributed by atoms with van der Waals surface area (Å²) in [5, 5.41) is 0.433. The first kappa shape index (κ1) is 26.6. The monoisotopic (exact) mass is 547 g/mol. The number of amides is 1. The summed E-state index contributed by atoms with van der Waals surface area (Å²) < 4.78 is 53.2. The second-order valence-corrected chi connectivity index (χ2v) is 10.6. The Morgan fingerprint density at radius 3 is 2.22 bits per heavy atom. The summed E-state index contributed by atoms with van der Waals surface area (Å²) in [4.78, 5) is 16.7. The fourth-order valence-electron chi connectivity index (χ4n) is 4.15. The van der Waals surface area contributed by atoms with Crippen molar-refractivity contribution in [1.29, 1.82) is 0 Å². The molecule has 3 aromatic rings. The van der Waals surface area contributed by atoms with Gasteiger partial charge in [0, 0.05) is 37.3 Å². The van der Waals surface area contributed by atoms with Gasteiger partial charge in [-0.15, -0.1) is 0 Å². The molecular weight excluding hydrogens is 521 g/mol. The van der Waals surface area contributed by atoms with E-state index in [1.54, 1.807) is 47.4 Å². The Morgan fingerprint density at radius 2 is 1.59 bits per heavy atom. The van der Waals surface area contributed by atoms with Gasteiger partial charge in [-0.2, -0.15) is 0 Å². The van der Waals surface area contributed by atoms with E-state index in [9.17, 15) is 17.6 Å². The van der Waals surface area contributed by atoms with Crippen LogP contribution in [0.15, 0.2) is 71.6 Å². The van der Waals surface area contributed by atoms with E-state index in [1.807, 2.05) is 4.90 Å². The predicted octanol–water partition coefficient (Wildman–Crippen LogP) is 4.04. The molecule has 8 nitrogen and oxygen atoms in total. The molecule has 1 amide bonds. The maximum Gasteiger partial charge on any atom is 0.264 e. The molecule has 1 aliphatic heterocycles. The Balaban J connectivity index is 1.58. The first-order chi connectivity index (χ1) is 17.7. The lowest BCUT2D eigenvalue weighted by atomic mass is 10.2. The molecule has 1 aliphatic rings. The molecule has 1 saturated heterocycles. The van der Waals surface area contributed by atoms with Crippen LogP contribution in [-0.2, 0) is 14.8 Å². The second kappa shape index (κ2) is 11.3. The number of hydrogen-bond donors (Lipinski definition) is 0. The van der Waals surface area contributed by atoms with Gasteiger partial charge in [0.05, 0.1) is 30.5 Å². The number of carbonyl (C=O) groups is 1. The lowest BCUT2D eigenvalue weighted by molar-refractivity contribution is -0.129. The Hall–Kier alpha value is -3.50. The molecule has 0 N–H and O–H groups in total. The van der Waals surface area contributed by atoms with Gasteiger partial charge in [-0.1, -0.05) is 23.7 Å². The molecule has 196 valence electrons. The van der Waals surface area contributed by atoms with Gasteiger partial charge in [0.1, 0.15) is 12.4 Å². The lowest BCUT2D eigenvalue weighted by Crippen LogP contribution is -2.52. The molecular formula is C26H27ClFN3O5S. The number of carbonyl (C=O) groups excluding carboxylic acids is 1. The Kier molecular flexibility index (Phi) is 8.09. The van der Waals surface area contributed by atoms with E-state index in [2.05, 4.69) is 0 Å². The van der Waals surface area contributed by atoms with E-state index in [4.69, 9.17) is 21.1 Å². The van der Waals surface area contributed by atoms with E-state index < -0.39 is 16.6 Å². The molecule has 4 rings (SSSR count). The number of anilines is 2. The van der Waals surface area contributed by atoms with Gasteiger partial charge >= 0.3 is 0 Å². The lowest BCUT2D eigenvalue weighted by Gasteiger charge is -2.37. The molecule has 3 aromatic carbocycles. The van der Waals surface area contributed by atoms with Crippen molar-refractivity contribution in [1.82, 2.24) is 4.90 Å². The first-order valence-corrected chi connectivity index (χ1v) is 13.3. The van der Waals surface area contributed by atoms with Crippen LogP contribution in [0, 0.1) is 5.82 Å². The van der Waals surface area contributed by atoms with Gasteiger partial charge in [-0.3, -0.25) is 9.10 Å². The summed E-state index contributed by atoms with van der Waals surface area (Å²) in [6.45, 7) is 1.10. The summed E-state index contributed by atoms with van der Waals surface area (Å²) in [6, 6.07) is 17.0. The smallest absolute Gasteiger partial charge is 0.264 e. The minimum Gasteiger partial charge on any atom is -0.493 e. The average Bonchev–Trinajstić information content (AvgIpc) is 2.92. The zero-order valence-electron chi connectivity index (χ0n) is 20.4. The molecule has 0 unspecified atom stereocenters. The minimum absolute atomic E-state index is 0.0581. The van der Waals surface area contributed by atoms with Crippen molar-refractivity contribution in [2.24, 2.45) is 0 Å². The van der Waals surface area contributed by atoms with Gasteiger partial charge in [0.2, 0.25) is 5.91 Å². The number of ether oxygens (including phenoxy) is 2. The fourth-order valence-corrected chi connectivity index (χ4v) is 5.71. The van der Waals surface area contributed by atoms with Crippen molar-refractivity contribution in [2.75, 3.05) is 56.1 Å². The number of rotatable bonds is 8. The largest absolute Gasteiger partial charge is 0.493 e. The first-order valence-electron chi connectivity index (χ1n) is 11.5. The zero-order chi connectivity index (χ0) is 26.6. The SMILES string of the molecule is COc1ccc(S(=O)(=O)N(CC(=O)N2CCN(c3ccccc3F)CC2)c2ccc(Cl)cc2)cc1OC. The Bertz CT molecular complexity index is 1360. The van der Waals surface area contributed by atoms with Gasteiger partial charge in [-0.05, 0) is 48.5 Å². The van der Waals surface area contributed by atoms with Crippen LogP contribution < -0.4 is 18.7 Å². The third-order valence-electron chi connectivity index (χ3n) is 6.16. The van der Waals surface area contributed by atoms with Crippen LogP contribution >= 0.6 is 11.6 Å². The third kappa shape index (κ3) is 5.75. The number of methoxy groups -OCH3 is 2. The number of piperazine rings is 1. The highest BCUT2D eigenvalue weighted by Gasteiger charge is 2.31. The van der Waals surface area contributed by atoms with Crippen LogP contribution in [-0.4, -0.2) is 66.2 Å². The number of hydrogen-bond acceptors (Lipinski definition) is 6. The van der Waals surface area contributed by atoms with Crippen molar-refractivity contribution in [3.8, 4) is 11.5 Å². The molecule has 0 aliphatic carbocycles. The number of sulfonamides is 1. The molecule has 0 aromatic heterocycles. The molecule has 11 heteroatoms. The molecule has 1 fully saturated rings. The molecule has 37 heavy (non-hydrogen) atoms. The quantitative estimate of drug-likeness (QED) is 0.423. The van der Waals surface area contributed by atoms with Crippen molar-refractivity contribution < 1.29 is 27.1 Å². The summed E-state index contributed by atoms with van der Waals surface area (Å²) in [7, 11) is -1.30. The molecule has 0 atom stereocenters. The van der Waals surface area contributed by atoms with Crippen molar-refractivity contribution in [3.63, 3.8) is 0 Å².